The summed E-state index contributed by atoms with van der Waals surface area (Å²) in [6, 6.07) is 6.59. The second kappa shape index (κ2) is 6.55. The van der Waals surface area contributed by atoms with Gasteiger partial charge in [0.05, 0.1) is 6.61 Å². The summed E-state index contributed by atoms with van der Waals surface area (Å²) >= 11 is 0. The lowest BCUT2D eigenvalue weighted by molar-refractivity contribution is 0.107. The number of halogens is 1. The first-order valence-corrected chi connectivity index (χ1v) is 6.88. The molecule has 1 aliphatic heterocycles. The van der Waals surface area contributed by atoms with E-state index in [1.807, 2.05) is 19.1 Å². The quantitative estimate of drug-likeness (QED) is 0.818. The fourth-order valence-electron chi connectivity index (χ4n) is 2.53. The molecule has 0 aliphatic carbocycles. The highest BCUT2D eigenvalue weighted by Crippen LogP contribution is 2.26. The van der Waals surface area contributed by atoms with Crippen molar-refractivity contribution in [3.8, 4) is 0 Å². The van der Waals surface area contributed by atoms with E-state index < -0.39 is 0 Å². The molecule has 1 aromatic carbocycles. The van der Waals surface area contributed by atoms with Crippen LogP contribution in [0.5, 0.6) is 0 Å². The van der Waals surface area contributed by atoms with Crippen LogP contribution in [0.4, 0.5) is 9.18 Å². The smallest absolute Gasteiger partial charge is 0.409 e. The summed E-state index contributed by atoms with van der Waals surface area (Å²) in [5.74, 6) is 0.0483. The lowest BCUT2D eigenvalue weighted by Crippen LogP contribution is -2.34. The van der Waals surface area contributed by atoms with Gasteiger partial charge in [0.1, 0.15) is 5.82 Å². The molecule has 1 heterocycles. The second-order valence-electron chi connectivity index (χ2n) is 4.89. The summed E-state index contributed by atoms with van der Waals surface area (Å²) < 4.78 is 18.0. The van der Waals surface area contributed by atoms with Gasteiger partial charge in [0.15, 0.2) is 0 Å². The van der Waals surface area contributed by atoms with Crippen LogP contribution in [0, 0.1) is 5.82 Å². The molecule has 4 heteroatoms. The van der Waals surface area contributed by atoms with Gasteiger partial charge in [-0.1, -0.05) is 18.6 Å². The highest BCUT2D eigenvalue weighted by Gasteiger charge is 2.23. The van der Waals surface area contributed by atoms with Crippen molar-refractivity contribution in [2.45, 2.75) is 32.1 Å². The van der Waals surface area contributed by atoms with Crippen LogP contribution < -0.4 is 0 Å². The molecular weight excluding hydrogens is 245 g/mol. The monoisotopic (exact) mass is 265 g/mol. The highest BCUT2D eigenvalue weighted by molar-refractivity contribution is 5.67. The zero-order valence-corrected chi connectivity index (χ0v) is 11.3. The summed E-state index contributed by atoms with van der Waals surface area (Å²) in [5, 5.41) is 0. The fourth-order valence-corrected chi connectivity index (χ4v) is 2.53. The summed E-state index contributed by atoms with van der Waals surface area (Å²) in [5.41, 5.74) is 1.09. The lowest BCUT2D eigenvalue weighted by atomic mass is 9.94. The van der Waals surface area contributed by atoms with E-state index in [1.54, 1.807) is 4.90 Å². The maximum atomic E-state index is 13.0. The molecule has 3 nitrogen and oxygen atoms in total. The van der Waals surface area contributed by atoms with Gasteiger partial charge < -0.3 is 9.64 Å². The Balaban J connectivity index is 2.07. The molecule has 1 aliphatic rings. The number of nitrogens with zero attached hydrogens (tertiary/aromatic N) is 1. The van der Waals surface area contributed by atoms with Gasteiger partial charge in [-0.2, -0.15) is 0 Å². The molecule has 0 bridgehead atoms. The zero-order chi connectivity index (χ0) is 13.7. The Hall–Kier alpha value is -1.58. The van der Waals surface area contributed by atoms with E-state index in [1.165, 1.54) is 12.1 Å². The summed E-state index contributed by atoms with van der Waals surface area (Å²) in [4.78, 5) is 13.6. The maximum absolute atomic E-state index is 13.0. The third-order valence-electron chi connectivity index (χ3n) is 3.54. The van der Waals surface area contributed by atoms with Gasteiger partial charge in [-0.05, 0) is 37.5 Å². The van der Waals surface area contributed by atoms with E-state index >= 15 is 0 Å². The van der Waals surface area contributed by atoms with Crippen LogP contribution in [0.3, 0.4) is 0 Å². The number of carbonyl (C=O) groups is 1. The van der Waals surface area contributed by atoms with E-state index in [0.29, 0.717) is 13.2 Å². The molecule has 1 amide bonds. The van der Waals surface area contributed by atoms with Crippen molar-refractivity contribution in [1.29, 1.82) is 0 Å². The summed E-state index contributed by atoms with van der Waals surface area (Å²) in [6.45, 7) is 3.62. The van der Waals surface area contributed by atoms with Crippen LogP contribution in [0.25, 0.3) is 0 Å². The minimum Gasteiger partial charge on any atom is -0.450 e. The lowest BCUT2D eigenvalue weighted by Gasteiger charge is -2.24. The van der Waals surface area contributed by atoms with Gasteiger partial charge in [0.2, 0.25) is 0 Å². The molecule has 1 unspecified atom stereocenters. The molecule has 1 fully saturated rings. The number of hydrogen-bond acceptors (Lipinski definition) is 2. The number of ether oxygens (including phenoxy) is 1. The normalized spacial score (nSPS) is 19.9. The van der Waals surface area contributed by atoms with E-state index in [2.05, 4.69) is 0 Å². The molecule has 19 heavy (non-hydrogen) atoms. The van der Waals surface area contributed by atoms with Gasteiger partial charge in [0, 0.05) is 19.0 Å². The Kier molecular flexibility index (Phi) is 4.77. The van der Waals surface area contributed by atoms with Gasteiger partial charge >= 0.3 is 6.09 Å². The van der Waals surface area contributed by atoms with Crippen molar-refractivity contribution >= 4 is 6.09 Å². The number of carbonyl (C=O) groups excluding carboxylic acids is 1. The Morgan fingerprint density at radius 1 is 1.37 bits per heavy atom. The van der Waals surface area contributed by atoms with E-state index in [0.717, 1.165) is 31.4 Å². The van der Waals surface area contributed by atoms with Crippen molar-refractivity contribution in [3.05, 3.63) is 35.6 Å². The van der Waals surface area contributed by atoms with E-state index in [4.69, 9.17) is 4.74 Å². The minimum absolute atomic E-state index is 0.223. The molecule has 0 saturated carbocycles. The van der Waals surface area contributed by atoms with Crippen LogP contribution in [0.2, 0.25) is 0 Å². The molecule has 0 spiro atoms. The van der Waals surface area contributed by atoms with Crippen LogP contribution in [-0.2, 0) is 4.74 Å². The fraction of sp³-hybridized carbons (Fsp3) is 0.533. The molecule has 0 radical (unpaired) electrons. The molecule has 1 saturated heterocycles. The highest BCUT2D eigenvalue weighted by atomic mass is 19.1. The van der Waals surface area contributed by atoms with Crippen LogP contribution in [0.15, 0.2) is 24.3 Å². The number of rotatable bonds is 2. The Morgan fingerprint density at radius 2 is 2.11 bits per heavy atom. The van der Waals surface area contributed by atoms with Crippen molar-refractivity contribution in [2.24, 2.45) is 0 Å². The first kappa shape index (κ1) is 13.8. The van der Waals surface area contributed by atoms with Gasteiger partial charge in [0.25, 0.3) is 0 Å². The predicted octanol–water partition coefficient (Wildman–Crippen LogP) is 3.55. The molecule has 104 valence electrons. The second-order valence-corrected chi connectivity index (χ2v) is 4.89. The van der Waals surface area contributed by atoms with Crippen molar-refractivity contribution in [3.63, 3.8) is 0 Å². The predicted molar refractivity (Wildman–Crippen MR) is 71.6 cm³/mol. The number of amides is 1. The Morgan fingerprint density at radius 3 is 2.79 bits per heavy atom. The third-order valence-corrected chi connectivity index (χ3v) is 3.54. The van der Waals surface area contributed by atoms with Crippen LogP contribution >= 0.6 is 0 Å². The Bertz CT molecular complexity index is 419. The average molecular weight is 265 g/mol. The standard InChI is InChI=1S/C15H20FNO2/c1-2-19-15(18)17-10-4-3-5-13(11-17)12-6-8-14(16)9-7-12/h6-9,13H,2-5,10-11H2,1H3. The maximum Gasteiger partial charge on any atom is 0.409 e. The van der Waals surface area contributed by atoms with Crippen LogP contribution in [0.1, 0.15) is 37.7 Å². The van der Waals surface area contributed by atoms with E-state index in [9.17, 15) is 9.18 Å². The molecular formula is C15H20FNO2. The molecule has 0 N–H and O–H groups in total. The van der Waals surface area contributed by atoms with Crippen molar-refractivity contribution in [1.82, 2.24) is 4.90 Å². The Labute approximate surface area is 113 Å². The van der Waals surface area contributed by atoms with Gasteiger partial charge in [-0.25, -0.2) is 9.18 Å². The SMILES string of the molecule is CCOC(=O)N1CCCCC(c2ccc(F)cc2)C1. The van der Waals surface area contributed by atoms with Gasteiger partial charge in [-0.15, -0.1) is 0 Å². The third kappa shape index (κ3) is 3.69. The summed E-state index contributed by atoms with van der Waals surface area (Å²) in [7, 11) is 0. The summed E-state index contributed by atoms with van der Waals surface area (Å²) in [6.07, 6.45) is 2.87. The number of likely N-dealkylation sites (tertiary alicyclic amines) is 1. The van der Waals surface area contributed by atoms with E-state index in [-0.39, 0.29) is 17.8 Å². The molecule has 2 rings (SSSR count). The first-order chi connectivity index (χ1) is 9.20. The number of benzene rings is 1. The minimum atomic E-state index is -0.239. The number of hydrogen-bond donors (Lipinski definition) is 0. The van der Waals surface area contributed by atoms with Gasteiger partial charge in [-0.3, -0.25) is 0 Å². The van der Waals surface area contributed by atoms with Crippen molar-refractivity contribution < 1.29 is 13.9 Å². The van der Waals surface area contributed by atoms with Crippen molar-refractivity contribution in [2.75, 3.05) is 19.7 Å². The van der Waals surface area contributed by atoms with Crippen LogP contribution in [-0.4, -0.2) is 30.7 Å². The first-order valence-electron chi connectivity index (χ1n) is 6.88. The molecule has 1 atom stereocenters. The molecule has 0 aromatic heterocycles. The topological polar surface area (TPSA) is 29.5 Å². The molecule has 1 aromatic rings. The largest absolute Gasteiger partial charge is 0.450 e. The average Bonchev–Trinajstić information content (AvgIpc) is 2.66. The zero-order valence-electron chi connectivity index (χ0n) is 11.3.